The molecule has 2 aromatic carbocycles. The predicted molar refractivity (Wildman–Crippen MR) is 127 cm³/mol. The number of H-pyrrole nitrogens is 1. The summed E-state index contributed by atoms with van der Waals surface area (Å²) in [7, 11) is 0. The van der Waals surface area contributed by atoms with Gasteiger partial charge in [-0.1, -0.05) is 55.8 Å². The fraction of sp³-hybridized carbons (Fsp3) is 0.261. The van der Waals surface area contributed by atoms with Gasteiger partial charge in [-0.25, -0.2) is 4.79 Å². The maximum atomic E-state index is 13.1. The molecule has 0 fully saturated rings. The maximum absolute atomic E-state index is 13.1. The number of unbranched alkanes of at least 4 members (excludes halogenated alkanes) is 1. The van der Waals surface area contributed by atoms with Crippen molar-refractivity contribution in [2.24, 2.45) is 0 Å². The van der Waals surface area contributed by atoms with E-state index >= 15 is 0 Å². The highest BCUT2D eigenvalue weighted by Crippen LogP contribution is 2.26. The van der Waals surface area contributed by atoms with E-state index < -0.39 is 28.7 Å². The second-order valence-electron chi connectivity index (χ2n) is 7.48. The summed E-state index contributed by atoms with van der Waals surface area (Å²) < 4.78 is 6.60. The van der Waals surface area contributed by atoms with Gasteiger partial charge < -0.3 is 15.4 Å². The van der Waals surface area contributed by atoms with Crippen LogP contribution in [0.5, 0.6) is 5.75 Å². The van der Waals surface area contributed by atoms with Crippen LogP contribution in [0, 0.1) is 10.1 Å². The van der Waals surface area contributed by atoms with E-state index in [1.54, 1.807) is 30.3 Å². The number of para-hydroxylation sites is 2. The lowest BCUT2D eigenvalue weighted by Gasteiger charge is -2.24. The molecule has 3 aromatic rings. The van der Waals surface area contributed by atoms with E-state index in [1.807, 2.05) is 13.0 Å². The van der Waals surface area contributed by atoms with Gasteiger partial charge in [-0.2, -0.15) is 0 Å². The molecule has 1 heterocycles. The Balaban J connectivity index is 1.95. The number of ether oxygens (including phenoxy) is 1. The molecule has 0 aliphatic heterocycles. The third-order valence-electron chi connectivity index (χ3n) is 5.12. The zero-order valence-electron chi connectivity index (χ0n) is 18.6. The van der Waals surface area contributed by atoms with Crippen LogP contribution in [0.15, 0.2) is 64.2 Å². The average Bonchev–Trinajstić information content (AvgIpc) is 2.83. The summed E-state index contributed by atoms with van der Waals surface area (Å²) in [5.41, 5.74) is 5.05. The Kier molecular flexibility index (Phi) is 7.80. The normalized spacial score (nSPS) is 10.6. The van der Waals surface area contributed by atoms with Crippen molar-refractivity contribution in [2.75, 3.05) is 23.8 Å². The number of hydrogen-bond donors (Lipinski definition) is 2. The van der Waals surface area contributed by atoms with Gasteiger partial charge in [0, 0.05) is 12.6 Å². The quantitative estimate of drug-likeness (QED) is 0.342. The van der Waals surface area contributed by atoms with Crippen LogP contribution >= 0.6 is 0 Å². The number of benzene rings is 2. The van der Waals surface area contributed by atoms with Crippen LogP contribution in [0.25, 0.3) is 0 Å². The molecule has 0 aliphatic carbocycles. The molecule has 0 spiro atoms. The van der Waals surface area contributed by atoms with E-state index in [0.29, 0.717) is 6.42 Å². The van der Waals surface area contributed by atoms with E-state index in [9.17, 15) is 24.5 Å². The van der Waals surface area contributed by atoms with E-state index in [1.165, 1.54) is 22.8 Å². The SMILES string of the molecule is CCCCN(C(=O)COc1ccccc1[N+](=O)[O-])c1c(N)n(Cc2ccccc2)c(=O)[nH]c1=O. The topological polar surface area (TPSA) is 154 Å². The van der Waals surface area contributed by atoms with Gasteiger partial charge in [0.1, 0.15) is 5.82 Å². The van der Waals surface area contributed by atoms with Gasteiger partial charge >= 0.3 is 11.4 Å². The monoisotopic (exact) mass is 467 g/mol. The van der Waals surface area contributed by atoms with Crippen molar-refractivity contribution in [1.29, 1.82) is 0 Å². The number of anilines is 2. The lowest BCUT2D eigenvalue weighted by molar-refractivity contribution is -0.385. The highest BCUT2D eigenvalue weighted by molar-refractivity contribution is 5.96. The number of rotatable bonds is 10. The predicted octanol–water partition coefficient (Wildman–Crippen LogP) is 2.29. The number of nitro groups is 1. The highest BCUT2D eigenvalue weighted by Gasteiger charge is 2.25. The van der Waals surface area contributed by atoms with E-state index in [-0.39, 0.29) is 36.0 Å². The number of aromatic amines is 1. The fourth-order valence-electron chi connectivity index (χ4n) is 3.39. The van der Waals surface area contributed by atoms with Gasteiger partial charge in [-0.05, 0) is 18.1 Å². The minimum atomic E-state index is -0.804. The van der Waals surface area contributed by atoms with Crippen molar-refractivity contribution in [3.05, 3.63) is 91.1 Å². The summed E-state index contributed by atoms with van der Waals surface area (Å²) in [5, 5.41) is 11.2. The number of nitrogens with one attached hydrogen (secondary N) is 1. The summed E-state index contributed by atoms with van der Waals surface area (Å²) in [6, 6.07) is 14.7. The third kappa shape index (κ3) is 5.49. The minimum Gasteiger partial charge on any atom is -0.477 e. The van der Waals surface area contributed by atoms with Crippen molar-refractivity contribution in [3.8, 4) is 5.75 Å². The molecule has 11 nitrogen and oxygen atoms in total. The Morgan fingerprint density at radius 2 is 1.82 bits per heavy atom. The molecule has 3 rings (SSSR count). The van der Waals surface area contributed by atoms with Gasteiger partial charge in [0.05, 0.1) is 11.5 Å². The molecule has 178 valence electrons. The molecule has 11 heteroatoms. The first kappa shape index (κ1) is 24.2. The zero-order chi connectivity index (χ0) is 24.7. The third-order valence-corrected chi connectivity index (χ3v) is 5.12. The first-order chi connectivity index (χ1) is 16.3. The fourth-order valence-corrected chi connectivity index (χ4v) is 3.39. The smallest absolute Gasteiger partial charge is 0.330 e. The number of aromatic nitrogens is 2. The van der Waals surface area contributed by atoms with Gasteiger partial charge in [0.2, 0.25) is 0 Å². The van der Waals surface area contributed by atoms with E-state index in [4.69, 9.17) is 10.5 Å². The first-order valence-corrected chi connectivity index (χ1v) is 10.7. The van der Waals surface area contributed by atoms with Gasteiger partial charge in [0.25, 0.3) is 11.5 Å². The Morgan fingerprint density at radius 1 is 1.15 bits per heavy atom. The van der Waals surface area contributed by atoms with Gasteiger partial charge in [-0.15, -0.1) is 0 Å². The first-order valence-electron chi connectivity index (χ1n) is 10.7. The van der Waals surface area contributed by atoms with Crippen LogP contribution in [0.1, 0.15) is 25.3 Å². The average molecular weight is 467 g/mol. The molecule has 0 unspecified atom stereocenters. The Labute approximate surface area is 194 Å². The van der Waals surface area contributed by atoms with Crippen molar-refractivity contribution in [1.82, 2.24) is 9.55 Å². The Hall–Kier alpha value is -4.41. The van der Waals surface area contributed by atoms with Crippen LogP contribution in [0.2, 0.25) is 0 Å². The molecule has 34 heavy (non-hydrogen) atoms. The number of nitrogens with two attached hydrogens (primary N) is 1. The molecular weight excluding hydrogens is 442 g/mol. The number of amides is 1. The highest BCUT2D eigenvalue weighted by atomic mass is 16.6. The molecule has 0 bridgehead atoms. The molecular formula is C23H25N5O6. The van der Waals surface area contributed by atoms with Crippen molar-refractivity contribution in [3.63, 3.8) is 0 Å². The largest absolute Gasteiger partial charge is 0.477 e. The zero-order valence-corrected chi connectivity index (χ0v) is 18.6. The van der Waals surface area contributed by atoms with E-state index in [0.717, 1.165) is 16.9 Å². The van der Waals surface area contributed by atoms with Crippen molar-refractivity contribution >= 4 is 23.1 Å². The second kappa shape index (κ2) is 10.9. The molecule has 0 radical (unpaired) electrons. The number of hydrogen-bond acceptors (Lipinski definition) is 7. The number of nitro benzene ring substituents is 1. The van der Waals surface area contributed by atoms with Crippen LogP contribution in [-0.2, 0) is 11.3 Å². The number of carbonyl (C=O) groups is 1. The molecule has 0 atom stereocenters. The van der Waals surface area contributed by atoms with Crippen LogP contribution in [-0.4, -0.2) is 33.5 Å². The lowest BCUT2D eigenvalue weighted by Crippen LogP contribution is -2.43. The Morgan fingerprint density at radius 3 is 2.50 bits per heavy atom. The molecule has 3 N–H and O–H groups in total. The number of nitrogens with zero attached hydrogens (tertiary/aromatic N) is 3. The second-order valence-corrected chi connectivity index (χ2v) is 7.48. The van der Waals surface area contributed by atoms with Crippen LogP contribution in [0.4, 0.5) is 17.2 Å². The summed E-state index contributed by atoms with van der Waals surface area (Å²) in [6.45, 7) is 1.59. The molecule has 0 saturated heterocycles. The molecule has 1 amide bonds. The van der Waals surface area contributed by atoms with Gasteiger partial charge in [-0.3, -0.25) is 29.3 Å². The summed E-state index contributed by atoms with van der Waals surface area (Å²) >= 11 is 0. The molecule has 0 saturated carbocycles. The van der Waals surface area contributed by atoms with E-state index in [2.05, 4.69) is 4.98 Å². The summed E-state index contributed by atoms with van der Waals surface area (Å²) in [4.78, 5) is 52.3. The minimum absolute atomic E-state index is 0.0766. The number of carbonyl (C=O) groups excluding carboxylic acids is 1. The molecule has 0 aliphatic rings. The molecule has 1 aromatic heterocycles. The summed E-state index contributed by atoms with van der Waals surface area (Å²) in [6.07, 6.45) is 1.27. The van der Waals surface area contributed by atoms with Gasteiger partial charge in [0.15, 0.2) is 18.0 Å². The van der Waals surface area contributed by atoms with Crippen LogP contribution < -0.4 is 26.6 Å². The summed E-state index contributed by atoms with van der Waals surface area (Å²) in [5.74, 6) is -0.867. The Bertz CT molecular complexity index is 1280. The van der Waals surface area contributed by atoms with Crippen molar-refractivity contribution < 1.29 is 14.5 Å². The number of nitrogen functional groups attached to an aromatic ring is 1. The lowest BCUT2D eigenvalue weighted by atomic mass is 10.2. The van der Waals surface area contributed by atoms with Crippen molar-refractivity contribution in [2.45, 2.75) is 26.3 Å². The van der Waals surface area contributed by atoms with Crippen LogP contribution in [0.3, 0.4) is 0 Å². The maximum Gasteiger partial charge on any atom is 0.330 e. The standard InChI is InChI=1S/C23H25N5O6/c1-2-3-13-26(19(29)15-34-18-12-8-7-11-17(18)28(32)33)20-21(24)27(23(31)25-22(20)30)14-16-9-5-4-6-10-16/h4-12H,2-3,13-15,24H2,1H3,(H,25,30,31).